The van der Waals surface area contributed by atoms with E-state index in [4.69, 9.17) is 0 Å². The Morgan fingerprint density at radius 1 is 1.29 bits per heavy atom. The maximum Gasteiger partial charge on any atom is 0.0706 e. The van der Waals surface area contributed by atoms with Crippen molar-refractivity contribution in [3.05, 3.63) is 0 Å². The van der Waals surface area contributed by atoms with Crippen LogP contribution < -0.4 is 0 Å². The fraction of sp³-hybridized carbons (Fsp3) is 1.00. The summed E-state index contributed by atoms with van der Waals surface area (Å²) < 4.78 is 0. The molecule has 1 nitrogen and oxygen atoms in total. The molecule has 0 heterocycles. The van der Waals surface area contributed by atoms with Gasteiger partial charge in [-0.3, -0.25) is 0 Å². The molecule has 84 valence electrons. The molecule has 1 aliphatic rings. The Hall–Kier alpha value is -0.0400. The van der Waals surface area contributed by atoms with Crippen molar-refractivity contribution in [2.75, 3.05) is 0 Å². The highest BCUT2D eigenvalue weighted by atomic mass is 16.3. The highest BCUT2D eigenvalue weighted by Crippen LogP contribution is 2.51. The summed E-state index contributed by atoms with van der Waals surface area (Å²) in [6.45, 7) is 11.2. The molecule has 0 saturated heterocycles. The zero-order valence-electron chi connectivity index (χ0n) is 10.4. The maximum atomic E-state index is 10.8. The number of aliphatic hydroxyl groups is 1. The minimum Gasteiger partial charge on any atom is -0.389 e. The van der Waals surface area contributed by atoms with Crippen LogP contribution in [-0.2, 0) is 0 Å². The van der Waals surface area contributed by atoms with Gasteiger partial charge in [0.25, 0.3) is 0 Å². The van der Waals surface area contributed by atoms with Crippen LogP contribution in [0.3, 0.4) is 0 Å². The molecule has 0 aromatic carbocycles. The van der Waals surface area contributed by atoms with Gasteiger partial charge in [-0.2, -0.15) is 0 Å². The Kier molecular flexibility index (Phi) is 3.30. The van der Waals surface area contributed by atoms with Crippen LogP contribution in [0.25, 0.3) is 0 Å². The van der Waals surface area contributed by atoms with Gasteiger partial charge in [0.1, 0.15) is 0 Å². The van der Waals surface area contributed by atoms with Crippen molar-refractivity contribution in [2.45, 2.75) is 65.9 Å². The summed E-state index contributed by atoms with van der Waals surface area (Å²) in [5, 5.41) is 10.8. The Labute approximate surface area is 88.9 Å². The molecule has 1 heteroatoms. The van der Waals surface area contributed by atoms with Crippen molar-refractivity contribution >= 4 is 0 Å². The lowest BCUT2D eigenvalue weighted by molar-refractivity contribution is -0.0535. The molecule has 0 bridgehead atoms. The van der Waals surface area contributed by atoms with Crippen molar-refractivity contribution in [3.63, 3.8) is 0 Å². The first kappa shape index (κ1) is 12.0. The molecular weight excluding hydrogens is 172 g/mol. The number of rotatable bonds is 3. The molecule has 1 fully saturated rings. The minimum absolute atomic E-state index is 0.330. The Morgan fingerprint density at radius 3 is 2.07 bits per heavy atom. The molecule has 1 aliphatic carbocycles. The molecule has 0 aromatic rings. The SMILES string of the molecule is CCC(CC)C1(O)CC(C)(C)CC1C. The third kappa shape index (κ3) is 1.98. The van der Waals surface area contributed by atoms with E-state index in [2.05, 4.69) is 34.6 Å². The Morgan fingerprint density at radius 2 is 1.79 bits per heavy atom. The van der Waals surface area contributed by atoms with E-state index in [1.165, 1.54) is 6.42 Å². The van der Waals surface area contributed by atoms with Crippen LogP contribution in [0.1, 0.15) is 60.3 Å². The summed E-state index contributed by atoms with van der Waals surface area (Å²) in [7, 11) is 0. The van der Waals surface area contributed by atoms with Crippen LogP contribution in [0.15, 0.2) is 0 Å². The monoisotopic (exact) mass is 198 g/mol. The molecule has 1 saturated carbocycles. The van der Waals surface area contributed by atoms with Crippen LogP contribution >= 0.6 is 0 Å². The van der Waals surface area contributed by atoms with Crippen LogP contribution in [0.4, 0.5) is 0 Å². The van der Waals surface area contributed by atoms with Gasteiger partial charge in [0, 0.05) is 0 Å². The second-order valence-electron chi connectivity index (χ2n) is 5.95. The fourth-order valence-corrected chi connectivity index (χ4v) is 3.56. The molecule has 0 aliphatic heterocycles. The lowest BCUT2D eigenvalue weighted by atomic mass is 9.76. The van der Waals surface area contributed by atoms with Crippen molar-refractivity contribution in [3.8, 4) is 0 Å². The summed E-state index contributed by atoms with van der Waals surface area (Å²) in [5.74, 6) is 0.946. The average molecular weight is 198 g/mol. The normalized spacial score (nSPS) is 36.6. The van der Waals surface area contributed by atoms with E-state index < -0.39 is 5.60 Å². The van der Waals surface area contributed by atoms with Crippen LogP contribution in [0.2, 0.25) is 0 Å². The van der Waals surface area contributed by atoms with Crippen LogP contribution in [0.5, 0.6) is 0 Å². The van der Waals surface area contributed by atoms with Crippen LogP contribution in [-0.4, -0.2) is 10.7 Å². The fourth-order valence-electron chi connectivity index (χ4n) is 3.56. The largest absolute Gasteiger partial charge is 0.389 e. The second-order valence-corrected chi connectivity index (χ2v) is 5.95. The first-order valence-electron chi connectivity index (χ1n) is 6.08. The first-order valence-corrected chi connectivity index (χ1v) is 6.08. The molecule has 14 heavy (non-hydrogen) atoms. The molecular formula is C13H26O. The third-order valence-electron chi connectivity index (χ3n) is 4.17. The molecule has 0 aromatic heterocycles. The minimum atomic E-state index is -0.396. The van der Waals surface area contributed by atoms with Gasteiger partial charge in [-0.25, -0.2) is 0 Å². The van der Waals surface area contributed by atoms with E-state index in [0.29, 0.717) is 17.3 Å². The van der Waals surface area contributed by atoms with Gasteiger partial charge < -0.3 is 5.11 Å². The maximum absolute atomic E-state index is 10.8. The molecule has 2 atom stereocenters. The van der Waals surface area contributed by atoms with E-state index in [1.807, 2.05) is 0 Å². The van der Waals surface area contributed by atoms with Gasteiger partial charge in [-0.05, 0) is 30.1 Å². The standard InChI is InChI=1S/C13H26O/c1-6-11(7-2)13(14)9-12(4,5)8-10(13)3/h10-11,14H,6-9H2,1-5H3. The Bertz CT molecular complexity index is 193. The predicted molar refractivity (Wildman–Crippen MR) is 61.2 cm³/mol. The molecule has 1 N–H and O–H groups in total. The summed E-state index contributed by atoms with van der Waals surface area (Å²) >= 11 is 0. The lowest BCUT2D eigenvalue weighted by Crippen LogP contribution is -2.40. The van der Waals surface area contributed by atoms with Crippen molar-refractivity contribution in [2.24, 2.45) is 17.3 Å². The summed E-state index contributed by atoms with van der Waals surface area (Å²) in [4.78, 5) is 0. The summed E-state index contributed by atoms with van der Waals surface area (Å²) in [5.41, 5.74) is -0.0657. The van der Waals surface area contributed by atoms with Gasteiger partial charge in [-0.15, -0.1) is 0 Å². The molecule has 1 rings (SSSR count). The summed E-state index contributed by atoms with van der Waals surface area (Å²) in [6.07, 6.45) is 4.36. The van der Waals surface area contributed by atoms with Crippen molar-refractivity contribution in [1.82, 2.24) is 0 Å². The van der Waals surface area contributed by atoms with Gasteiger partial charge in [0.15, 0.2) is 0 Å². The lowest BCUT2D eigenvalue weighted by Gasteiger charge is -2.36. The van der Waals surface area contributed by atoms with Crippen molar-refractivity contribution in [1.29, 1.82) is 0 Å². The second kappa shape index (κ2) is 3.84. The highest BCUT2D eigenvalue weighted by Gasteiger charge is 2.50. The van der Waals surface area contributed by atoms with Crippen LogP contribution in [0, 0.1) is 17.3 Å². The van der Waals surface area contributed by atoms with Gasteiger partial charge in [-0.1, -0.05) is 47.5 Å². The molecule has 2 unspecified atom stereocenters. The molecule has 0 radical (unpaired) electrons. The van der Waals surface area contributed by atoms with Gasteiger partial charge in [0.2, 0.25) is 0 Å². The number of hydrogen-bond donors (Lipinski definition) is 1. The van der Waals surface area contributed by atoms with E-state index in [9.17, 15) is 5.11 Å². The Balaban J connectivity index is 2.83. The topological polar surface area (TPSA) is 20.2 Å². The van der Waals surface area contributed by atoms with Crippen molar-refractivity contribution < 1.29 is 5.11 Å². The van der Waals surface area contributed by atoms with Gasteiger partial charge >= 0.3 is 0 Å². The quantitative estimate of drug-likeness (QED) is 0.734. The third-order valence-corrected chi connectivity index (χ3v) is 4.17. The van der Waals surface area contributed by atoms with E-state index in [1.54, 1.807) is 0 Å². The molecule has 0 spiro atoms. The summed E-state index contributed by atoms with van der Waals surface area (Å²) in [6, 6.07) is 0. The van der Waals surface area contributed by atoms with E-state index >= 15 is 0 Å². The smallest absolute Gasteiger partial charge is 0.0706 e. The number of hydrogen-bond acceptors (Lipinski definition) is 1. The zero-order valence-corrected chi connectivity index (χ0v) is 10.4. The van der Waals surface area contributed by atoms with Gasteiger partial charge in [0.05, 0.1) is 5.60 Å². The van der Waals surface area contributed by atoms with E-state index in [-0.39, 0.29) is 0 Å². The average Bonchev–Trinajstić information content (AvgIpc) is 2.23. The first-order chi connectivity index (χ1) is 6.35. The molecule has 0 amide bonds. The predicted octanol–water partition coefficient (Wildman–Crippen LogP) is 3.61. The van der Waals surface area contributed by atoms with E-state index in [0.717, 1.165) is 19.3 Å². The zero-order chi connectivity index (χ0) is 11.0. The highest BCUT2D eigenvalue weighted by molar-refractivity contribution is 5.01.